The molecule has 1 aromatic rings. The van der Waals surface area contributed by atoms with Crippen LogP contribution >= 0.6 is 11.3 Å². The second-order valence-electron chi connectivity index (χ2n) is 3.03. The molecule has 3 heteroatoms. The fourth-order valence-corrected chi connectivity index (χ4v) is 2.23. The zero-order valence-electron chi connectivity index (χ0n) is 7.92. The quantitative estimate of drug-likeness (QED) is 0.782. The summed E-state index contributed by atoms with van der Waals surface area (Å²) in [4.78, 5) is 5.81. The normalized spacial score (nSPS) is 13.3. The summed E-state index contributed by atoms with van der Waals surface area (Å²) in [5.41, 5.74) is 6.80. The zero-order valence-corrected chi connectivity index (χ0v) is 8.74. The fourth-order valence-electron chi connectivity index (χ4n) is 1.11. The van der Waals surface area contributed by atoms with Gasteiger partial charge in [0.2, 0.25) is 0 Å². The third-order valence-electron chi connectivity index (χ3n) is 2.17. The second kappa shape index (κ2) is 4.01. The average Bonchev–Trinajstić information content (AvgIpc) is 2.35. The molecule has 0 saturated carbocycles. The van der Waals surface area contributed by atoms with Gasteiger partial charge in [-0.05, 0) is 20.3 Å². The molecule has 2 N–H and O–H groups in total. The molecule has 0 aliphatic carbocycles. The second-order valence-corrected chi connectivity index (χ2v) is 4.27. The number of rotatable bonds is 3. The van der Waals surface area contributed by atoms with Crippen molar-refractivity contribution in [3.05, 3.63) is 15.6 Å². The molecule has 0 spiro atoms. The average molecular weight is 184 g/mol. The minimum Gasteiger partial charge on any atom is -0.330 e. The lowest BCUT2D eigenvalue weighted by molar-refractivity contribution is 0.668. The molecule has 1 rings (SSSR count). The van der Waals surface area contributed by atoms with Crippen LogP contribution in [-0.4, -0.2) is 11.5 Å². The SMILES string of the molecule is CCC(CN)c1nc(C)c(C)s1. The maximum atomic E-state index is 5.64. The first kappa shape index (κ1) is 9.68. The molecular formula is C9H16N2S. The Kier molecular flexibility index (Phi) is 3.23. The van der Waals surface area contributed by atoms with Gasteiger partial charge in [0.25, 0.3) is 0 Å². The number of aromatic nitrogens is 1. The van der Waals surface area contributed by atoms with Crippen molar-refractivity contribution in [1.29, 1.82) is 0 Å². The summed E-state index contributed by atoms with van der Waals surface area (Å²) in [6.45, 7) is 7.03. The van der Waals surface area contributed by atoms with Crippen molar-refractivity contribution >= 4 is 11.3 Å². The van der Waals surface area contributed by atoms with Crippen LogP contribution in [0, 0.1) is 13.8 Å². The third kappa shape index (κ3) is 1.84. The summed E-state index contributed by atoms with van der Waals surface area (Å²) in [5.74, 6) is 0.461. The van der Waals surface area contributed by atoms with Crippen LogP contribution in [-0.2, 0) is 0 Å². The van der Waals surface area contributed by atoms with Gasteiger partial charge in [0.05, 0.1) is 10.7 Å². The molecule has 0 aliphatic heterocycles. The van der Waals surface area contributed by atoms with Crippen molar-refractivity contribution in [2.24, 2.45) is 5.73 Å². The zero-order chi connectivity index (χ0) is 9.14. The van der Waals surface area contributed by atoms with Gasteiger partial charge >= 0.3 is 0 Å². The molecule has 1 atom stereocenters. The van der Waals surface area contributed by atoms with Gasteiger partial charge in [-0.25, -0.2) is 4.98 Å². The summed E-state index contributed by atoms with van der Waals surface area (Å²) in [6, 6.07) is 0. The summed E-state index contributed by atoms with van der Waals surface area (Å²) < 4.78 is 0. The monoisotopic (exact) mass is 184 g/mol. The number of hydrogen-bond donors (Lipinski definition) is 1. The molecule has 1 heterocycles. The van der Waals surface area contributed by atoms with E-state index in [0.29, 0.717) is 12.5 Å². The standard InChI is InChI=1S/C9H16N2S/c1-4-8(5-10)9-11-6(2)7(3)12-9/h8H,4-5,10H2,1-3H3. The Hall–Kier alpha value is -0.410. The van der Waals surface area contributed by atoms with Crippen molar-refractivity contribution < 1.29 is 0 Å². The Morgan fingerprint density at radius 1 is 1.50 bits per heavy atom. The van der Waals surface area contributed by atoms with Crippen LogP contribution in [0.4, 0.5) is 0 Å². The van der Waals surface area contributed by atoms with Crippen LogP contribution in [0.15, 0.2) is 0 Å². The molecule has 2 nitrogen and oxygen atoms in total. The highest BCUT2D eigenvalue weighted by molar-refractivity contribution is 7.11. The lowest BCUT2D eigenvalue weighted by Crippen LogP contribution is -2.11. The van der Waals surface area contributed by atoms with Crippen LogP contribution in [0.2, 0.25) is 0 Å². The molecule has 68 valence electrons. The molecule has 0 fully saturated rings. The van der Waals surface area contributed by atoms with E-state index in [1.54, 1.807) is 11.3 Å². The number of aryl methyl sites for hydroxylation is 2. The molecular weight excluding hydrogens is 168 g/mol. The summed E-state index contributed by atoms with van der Waals surface area (Å²) in [5, 5.41) is 1.20. The molecule has 0 radical (unpaired) electrons. The number of nitrogens with zero attached hydrogens (tertiary/aromatic N) is 1. The van der Waals surface area contributed by atoms with E-state index in [1.165, 1.54) is 9.88 Å². The highest BCUT2D eigenvalue weighted by atomic mass is 32.1. The van der Waals surface area contributed by atoms with Crippen LogP contribution < -0.4 is 5.73 Å². The molecule has 1 aromatic heterocycles. The van der Waals surface area contributed by atoms with Gasteiger partial charge in [0.15, 0.2) is 0 Å². The van der Waals surface area contributed by atoms with Gasteiger partial charge in [-0.2, -0.15) is 0 Å². The van der Waals surface area contributed by atoms with Gasteiger partial charge in [-0.3, -0.25) is 0 Å². The number of thiazole rings is 1. The summed E-state index contributed by atoms with van der Waals surface area (Å²) in [6.07, 6.45) is 1.09. The minimum atomic E-state index is 0.461. The highest BCUT2D eigenvalue weighted by Gasteiger charge is 2.12. The first-order valence-electron chi connectivity index (χ1n) is 4.33. The summed E-state index contributed by atoms with van der Waals surface area (Å²) >= 11 is 1.78. The number of hydrogen-bond acceptors (Lipinski definition) is 3. The smallest absolute Gasteiger partial charge is 0.0974 e. The van der Waals surface area contributed by atoms with Crippen molar-refractivity contribution in [2.75, 3.05) is 6.54 Å². The van der Waals surface area contributed by atoms with E-state index in [-0.39, 0.29) is 0 Å². The van der Waals surface area contributed by atoms with E-state index in [9.17, 15) is 0 Å². The van der Waals surface area contributed by atoms with Gasteiger partial charge < -0.3 is 5.73 Å². The topological polar surface area (TPSA) is 38.9 Å². The lowest BCUT2D eigenvalue weighted by Gasteiger charge is -2.06. The Morgan fingerprint density at radius 3 is 2.50 bits per heavy atom. The van der Waals surface area contributed by atoms with Crippen LogP contribution in [0.5, 0.6) is 0 Å². The lowest BCUT2D eigenvalue weighted by atomic mass is 10.1. The molecule has 12 heavy (non-hydrogen) atoms. The largest absolute Gasteiger partial charge is 0.330 e. The fraction of sp³-hybridized carbons (Fsp3) is 0.667. The van der Waals surface area contributed by atoms with Crippen molar-refractivity contribution in [1.82, 2.24) is 4.98 Å². The first-order valence-corrected chi connectivity index (χ1v) is 5.14. The van der Waals surface area contributed by atoms with Crippen molar-refractivity contribution in [3.63, 3.8) is 0 Å². The van der Waals surface area contributed by atoms with Gasteiger partial charge in [-0.1, -0.05) is 6.92 Å². The van der Waals surface area contributed by atoms with E-state index in [2.05, 4.69) is 25.8 Å². The molecule has 1 unspecified atom stereocenters. The molecule has 0 amide bonds. The molecule has 0 bridgehead atoms. The Balaban J connectivity index is 2.86. The van der Waals surface area contributed by atoms with Crippen molar-refractivity contribution in [2.45, 2.75) is 33.1 Å². The van der Waals surface area contributed by atoms with E-state index >= 15 is 0 Å². The maximum absolute atomic E-state index is 5.64. The Morgan fingerprint density at radius 2 is 2.17 bits per heavy atom. The molecule has 0 aliphatic rings. The van der Waals surface area contributed by atoms with Crippen LogP contribution in [0.1, 0.15) is 34.8 Å². The van der Waals surface area contributed by atoms with Crippen LogP contribution in [0.25, 0.3) is 0 Å². The Bertz CT molecular complexity index is 232. The number of nitrogens with two attached hydrogens (primary N) is 1. The van der Waals surface area contributed by atoms with Crippen molar-refractivity contribution in [3.8, 4) is 0 Å². The molecule has 0 saturated heterocycles. The predicted octanol–water partition coefficient (Wildman–Crippen LogP) is 2.21. The first-order chi connectivity index (χ1) is 5.69. The molecule has 0 aromatic carbocycles. The predicted molar refractivity (Wildman–Crippen MR) is 53.7 cm³/mol. The van der Waals surface area contributed by atoms with Gasteiger partial charge in [0.1, 0.15) is 0 Å². The van der Waals surface area contributed by atoms with E-state index in [1.807, 2.05) is 0 Å². The third-order valence-corrected chi connectivity index (χ3v) is 3.41. The highest BCUT2D eigenvalue weighted by Crippen LogP contribution is 2.25. The summed E-state index contributed by atoms with van der Waals surface area (Å²) in [7, 11) is 0. The Labute approximate surface area is 77.8 Å². The van der Waals surface area contributed by atoms with Gasteiger partial charge in [-0.15, -0.1) is 11.3 Å². The van der Waals surface area contributed by atoms with E-state index < -0.39 is 0 Å². The van der Waals surface area contributed by atoms with Crippen LogP contribution in [0.3, 0.4) is 0 Å². The minimum absolute atomic E-state index is 0.461. The maximum Gasteiger partial charge on any atom is 0.0974 e. The van der Waals surface area contributed by atoms with Gasteiger partial charge in [0, 0.05) is 17.3 Å². The van der Waals surface area contributed by atoms with E-state index in [4.69, 9.17) is 5.73 Å². The van der Waals surface area contributed by atoms with E-state index in [0.717, 1.165) is 12.1 Å².